The summed E-state index contributed by atoms with van der Waals surface area (Å²) >= 11 is 0. The number of nitrogens with zero attached hydrogens (tertiary/aromatic N) is 2. The van der Waals surface area contributed by atoms with Crippen LogP contribution in [0.4, 0.5) is 0 Å². The summed E-state index contributed by atoms with van der Waals surface area (Å²) in [6.45, 7) is 7.13. The molecule has 1 aliphatic heterocycles. The molecule has 28 heavy (non-hydrogen) atoms. The van der Waals surface area contributed by atoms with Crippen LogP contribution in [0, 0.1) is 0 Å². The van der Waals surface area contributed by atoms with E-state index in [-0.39, 0.29) is 17.4 Å². The van der Waals surface area contributed by atoms with Crippen LogP contribution in [0.15, 0.2) is 30.3 Å². The molecule has 0 bridgehead atoms. The molecule has 0 saturated heterocycles. The number of aryl methyl sites for hydroxylation is 1. The average molecular weight is 383 g/mol. The van der Waals surface area contributed by atoms with Gasteiger partial charge in [0.2, 0.25) is 0 Å². The molecule has 2 N–H and O–H groups in total. The van der Waals surface area contributed by atoms with Crippen LogP contribution in [0.5, 0.6) is 0 Å². The van der Waals surface area contributed by atoms with E-state index in [2.05, 4.69) is 27.8 Å². The summed E-state index contributed by atoms with van der Waals surface area (Å²) in [6.07, 6.45) is 4.57. The van der Waals surface area contributed by atoms with Crippen molar-refractivity contribution < 1.29 is 9.59 Å². The molecule has 0 fully saturated rings. The summed E-state index contributed by atoms with van der Waals surface area (Å²) in [6, 6.07) is 10.2. The number of amides is 2. The lowest BCUT2D eigenvalue weighted by Gasteiger charge is -2.21. The summed E-state index contributed by atoms with van der Waals surface area (Å²) in [5.74, 6) is -0.0548. The third kappa shape index (κ3) is 5.00. The Hall–Kier alpha value is -2.63. The van der Waals surface area contributed by atoms with E-state index in [1.165, 1.54) is 5.56 Å². The summed E-state index contributed by atoms with van der Waals surface area (Å²) in [4.78, 5) is 29.8. The molecule has 1 aliphatic rings. The van der Waals surface area contributed by atoms with Crippen LogP contribution in [0.2, 0.25) is 0 Å². The SMILES string of the molecule is CC(C)(C)NC(=O)c1nc(C(=O)NCCCc2ccccc2)n2c1CCCC2. The van der Waals surface area contributed by atoms with Crippen molar-refractivity contribution in [2.45, 2.75) is 65.0 Å². The van der Waals surface area contributed by atoms with E-state index >= 15 is 0 Å². The molecule has 6 nitrogen and oxygen atoms in total. The second-order valence-corrected chi connectivity index (χ2v) is 8.39. The number of hydrogen-bond donors (Lipinski definition) is 2. The zero-order valence-electron chi connectivity index (χ0n) is 17.0. The van der Waals surface area contributed by atoms with Gasteiger partial charge in [-0.3, -0.25) is 9.59 Å². The van der Waals surface area contributed by atoms with Crippen LogP contribution in [0.3, 0.4) is 0 Å². The van der Waals surface area contributed by atoms with Crippen molar-refractivity contribution >= 4 is 11.8 Å². The monoisotopic (exact) mass is 382 g/mol. The number of fused-ring (bicyclic) bond motifs is 1. The molecule has 0 saturated carbocycles. The first kappa shape index (κ1) is 20.1. The lowest BCUT2D eigenvalue weighted by molar-refractivity contribution is 0.0913. The molecule has 0 radical (unpaired) electrons. The number of nitrogens with one attached hydrogen (secondary N) is 2. The Morgan fingerprint density at radius 3 is 2.57 bits per heavy atom. The fourth-order valence-corrected chi connectivity index (χ4v) is 3.52. The number of aromatic nitrogens is 2. The fourth-order valence-electron chi connectivity index (χ4n) is 3.52. The third-order valence-corrected chi connectivity index (χ3v) is 4.80. The van der Waals surface area contributed by atoms with E-state index in [9.17, 15) is 9.59 Å². The van der Waals surface area contributed by atoms with Crippen LogP contribution in [0.25, 0.3) is 0 Å². The molecule has 1 aromatic heterocycles. The molecule has 0 atom stereocenters. The predicted molar refractivity (Wildman–Crippen MR) is 109 cm³/mol. The van der Waals surface area contributed by atoms with Crippen molar-refractivity contribution in [1.29, 1.82) is 0 Å². The van der Waals surface area contributed by atoms with Gasteiger partial charge in [-0.1, -0.05) is 30.3 Å². The van der Waals surface area contributed by atoms with Crippen LogP contribution >= 0.6 is 0 Å². The lowest BCUT2D eigenvalue weighted by atomic mass is 10.1. The van der Waals surface area contributed by atoms with Gasteiger partial charge in [0.25, 0.3) is 11.8 Å². The minimum Gasteiger partial charge on any atom is -0.349 e. The van der Waals surface area contributed by atoms with E-state index < -0.39 is 0 Å². The zero-order chi connectivity index (χ0) is 20.1. The Labute approximate surface area is 166 Å². The number of benzene rings is 1. The largest absolute Gasteiger partial charge is 0.349 e. The molecular formula is C22H30N4O2. The Morgan fingerprint density at radius 1 is 1.11 bits per heavy atom. The Bertz CT molecular complexity index is 834. The number of carbonyl (C=O) groups is 2. The van der Waals surface area contributed by atoms with Gasteiger partial charge in [0.1, 0.15) is 5.69 Å². The van der Waals surface area contributed by atoms with Crippen LogP contribution < -0.4 is 10.6 Å². The Balaban J connectivity index is 1.67. The number of carbonyl (C=O) groups excluding carboxylic acids is 2. The normalized spacial score (nSPS) is 13.7. The highest BCUT2D eigenvalue weighted by molar-refractivity contribution is 5.97. The van der Waals surface area contributed by atoms with Gasteiger partial charge in [0.15, 0.2) is 5.82 Å². The Kier molecular flexibility index (Phi) is 6.17. The van der Waals surface area contributed by atoms with Crippen molar-refractivity contribution in [3.63, 3.8) is 0 Å². The van der Waals surface area contributed by atoms with Crippen molar-refractivity contribution in [3.05, 3.63) is 53.1 Å². The van der Waals surface area contributed by atoms with Gasteiger partial charge in [-0.25, -0.2) is 4.98 Å². The van der Waals surface area contributed by atoms with Gasteiger partial charge in [-0.15, -0.1) is 0 Å². The summed E-state index contributed by atoms with van der Waals surface area (Å²) < 4.78 is 1.92. The number of imidazole rings is 1. The first-order valence-corrected chi connectivity index (χ1v) is 10.1. The molecule has 6 heteroatoms. The van der Waals surface area contributed by atoms with Crippen molar-refractivity contribution in [2.75, 3.05) is 6.54 Å². The summed E-state index contributed by atoms with van der Waals surface area (Å²) in [5.41, 5.74) is 2.19. The third-order valence-electron chi connectivity index (χ3n) is 4.80. The molecule has 2 heterocycles. The second-order valence-electron chi connectivity index (χ2n) is 8.39. The van der Waals surface area contributed by atoms with Crippen molar-refractivity contribution in [1.82, 2.24) is 20.2 Å². The number of rotatable bonds is 6. The smallest absolute Gasteiger partial charge is 0.287 e. The van der Waals surface area contributed by atoms with E-state index in [1.807, 2.05) is 43.5 Å². The average Bonchev–Trinajstić information content (AvgIpc) is 3.05. The van der Waals surface area contributed by atoms with Gasteiger partial charge in [-0.2, -0.15) is 0 Å². The molecule has 150 valence electrons. The minimum absolute atomic E-state index is 0.203. The standard InChI is InChI=1S/C22H30N4O2/c1-22(2,3)25-20(27)18-17-13-7-8-15-26(17)19(24-18)21(28)23-14-9-12-16-10-5-4-6-11-16/h4-6,10-11H,7-9,12-15H2,1-3H3,(H,23,28)(H,25,27). The highest BCUT2D eigenvalue weighted by atomic mass is 16.2. The van der Waals surface area contributed by atoms with E-state index in [4.69, 9.17) is 0 Å². The van der Waals surface area contributed by atoms with Crippen LogP contribution in [-0.2, 0) is 19.4 Å². The lowest BCUT2D eigenvalue weighted by Crippen LogP contribution is -2.41. The van der Waals surface area contributed by atoms with Gasteiger partial charge in [0.05, 0.1) is 5.69 Å². The molecular weight excluding hydrogens is 352 g/mol. The maximum absolute atomic E-state index is 12.7. The molecule has 1 aromatic carbocycles. The Morgan fingerprint density at radius 2 is 1.86 bits per heavy atom. The van der Waals surface area contributed by atoms with E-state index in [1.54, 1.807) is 0 Å². The zero-order valence-corrected chi connectivity index (χ0v) is 17.0. The van der Waals surface area contributed by atoms with Crippen molar-refractivity contribution in [2.24, 2.45) is 0 Å². The quantitative estimate of drug-likeness (QED) is 0.754. The maximum atomic E-state index is 12.7. The molecule has 3 rings (SSSR count). The summed E-state index contributed by atoms with van der Waals surface area (Å²) in [5, 5.41) is 5.93. The van der Waals surface area contributed by atoms with Crippen molar-refractivity contribution in [3.8, 4) is 0 Å². The van der Waals surface area contributed by atoms with Crippen LogP contribution in [-0.4, -0.2) is 33.4 Å². The molecule has 0 spiro atoms. The topological polar surface area (TPSA) is 76.0 Å². The van der Waals surface area contributed by atoms with Gasteiger partial charge >= 0.3 is 0 Å². The van der Waals surface area contributed by atoms with E-state index in [0.717, 1.165) is 44.3 Å². The highest BCUT2D eigenvalue weighted by Gasteiger charge is 2.28. The first-order valence-electron chi connectivity index (χ1n) is 10.1. The second kappa shape index (κ2) is 8.59. The minimum atomic E-state index is -0.345. The summed E-state index contributed by atoms with van der Waals surface area (Å²) in [7, 11) is 0. The van der Waals surface area contributed by atoms with Gasteiger partial charge in [-0.05, 0) is 58.4 Å². The van der Waals surface area contributed by atoms with E-state index in [0.29, 0.717) is 18.1 Å². The first-order chi connectivity index (χ1) is 13.3. The fraction of sp³-hybridized carbons (Fsp3) is 0.500. The molecule has 2 aromatic rings. The van der Waals surface area contributed by atoms with Gasteiger partial charge in [0, 0.05) is 18.6 Å². The molecule has 2 amide bonds. The molecule has 0 aliphatic carbocycles. The van der Waals surface area contributed by atoms with Gasteiger partial charge < -0.3 is 15.2 Å². The maximum Gasteiger partial charge on any atom is 0.287 e. The number of hydrogen-bond acceptors (Lipinski definition) is 3. The molecule has 0 unspecified atom stereocenters. The highest BCUT2D eigenvalue weighted by Crippen LogP contribution is 2.21. The predicted octanol–water partition coefficient (Wildman–Crippen LogP) is 3.11. The van der Waals surface area contributed by atoms with Crippen LogP contribution in [0.1, 0.15) is 72.4 Å².